The third kappa shape index (κ3) is 6.13. The molecule has 3 aliphatic rings. The van der Waals surface area contributed by atoms with Gasteiger partial charge in [0.05, 0.1) is 49.2 Å². The van der Waals surface area contributed by atoms with Crippen LogP contribution in [0.25, 0.3) is 0 Å². The third-order valence-electron chi connectivity index (χ3n) is 7.95. The summed E-state index contributed by atoms with van der Waals surface area (Å²) in [6.07, 6.45) is -16.3. The normalized spacial score (nSPS) is 45.6. The van der Waals surface area contributed by atoms with Gasteiger partial charge in [0.25, 0.3) is 5.91 Å². The van der Waals surface area contributed by atoms with Gasteiger partial charge in [-0.2, -0.15) is 0 Å². The second-order valence-corrected chi connectivity index (χ2v) is 10.6. The minimum absolute atomic E-state index is 0.240. The van der Waals surface area contributed by atoms with Gasteiger partial charge in [-0.05, 0) is 12.1 Å². The average molecular weight is 622 g/mol. The number of aromatic nitrogens is 1. The van der Waals surface area contributed by atoms with E-state index in [0.29, 0.717) is 0 Å². The number of rotatable bonds is 9. The van der Waals surface area contributed by atoms with Gasteiger partial charge in [-0.15, -0.1) is 0 Å². The molecule has 4 heterocycles. The van der Waals surface area contributed by atoms with Gasteiger partial charge in [-0.1, -0.05) is 0 Å². The molecule has 1 amide bonds. The fourth-order valence-corrected chi connectivity index (χ4v) is 5.42. The molecule has 0 saturated carbocycles. The zero-order valence-corrected chi connectivity index (χ0v) is 22.7. The molecule has 244 valence electrons. The summed E-state index contributed by atoms with van der Waals surface area (Å²) in [6.45, 7) is -2.53. The van der Waals surface area contributed by atoms with Crippen molar-refractivity contribution in [2.24, 2.45) is 22.9 Å². The van der Waals surface area contributed by atoms with Crippen molar-refractivity contribution in [1.29, 1.82) is 0 Å². The van der Waals surface area contributed by atoms with E-state index in [4.69, 9.17) is 46.6 Å². The summed E-state index contributed by atoms with van der Waals surface area (Å²) in [5.74, 6) is -0.977. The molecule has 3 fully saturated rings. The van der Waals surface area contributed by atoms with Crippen LogP contribution in [0.15, 0.2) is 18.3 Å². The number of pyridine rings is 1. The van der Waals surface area contributed by atoms with E-state index in [1.54, 1.807) is 0 Å². The van der Waals surface area contributed by atoms with Gasteiger partial charge in [-0.3, -0.25) is 9.78 Å². The largest absolute Gasteiger partial charge is 0.394 e. The number of carbonyl (C=O) groups is 1. The fourth-order valence-electron chi connectivity index (χ4n) is 5.42. The molecule has 16 N–H and O–H groups in total. The molecule has 19 nitrogen and oxygen atoms in total. The van der Waals surface area contributed by atoms with Crippen molar-refractivity contribution in [2.75, 3.05) is 19.8 Å². The summed E-state index contributed by atoms with van der Waals surface area (Å²) in [5, 5.41) is 83.3. The Hall–Kier alpha value is -2.02. The lowest BCUT2D eigenvalue weighted by Gasteiger charge is -2.51. The fraction of sp³-hybridized carbons (Fsp3) is 0.750. The molecule has 2 unspecified atom stereocenters. The summed E-state index contributed by atoms with van der Waals surface area (Å²) in [5.41, 5.74) is 20.6. The third-order valence-corrected chi connectivity index (χ3v) is 7.95. The lowest BCUT2D eigenvalue weighted by molar-refractivity contribution is -0.363. The van der Waals surface area contributed by atoms with Gasteiger partial charge in [0, 0.05) is 6.20 Å². The predicted octanol–water partition coefficient (Wildman–Crippen LogP) is -7.65. The summed E-state index contributed by atoms with van der Waals surface area (Å²) >= 11 is 0. The summed E-state index contributed by atoms with van der Waals surface area (Å²) in [7, 11) is 0. The number of nitrogens with zero attached hydrogens (tertiary/aromatic N) is 1. The number of aliphatic hydroxyl groups excluding tert-OH is 8. The topological polar surface area (TPSA) is 342 Å². The highest BCUT2D eigenvalue weighted by atomic mass is 16.7. The molecule has 3 saturated heterocycles. The Bertz CT molecular complexity index is 1100. The Morgan fingerprint density at radius 3 is 2.00 bits per heavy atom. The minimum Gasteiger partial charge on any atom is -0.394 e. The number of carbonyl (C=O) groups excluding carboxylic acids is 1. The first-order chi connectivity index (χ1) is 20.3. The number of aliphatic hydroxyl groups is 8. The van der Waals surface area contributed by atoms with Crippen molar-refractivity contribution in [3.63, 3.8) is 0 Å². The Kier molecular flexibility index (Phi) is 10.7. The van der Waals surface area contributed by atoms with Gasteiger partial charge < -0.3 is 87.5 Å². The monoisotopic (exact) mass is 621 g/mol. The minimum atomic E-state index is -2.28. The number of hydrogen-bond donors (Lipinski definition) is 12. The maximum atomic E-state index is 12.1. The zero-order chi connectivity index (χ0) is 31.8. The SMILES string of the molecule is NC(=O)c1cccnc1[C@]1(CO)O[C@H](OC2[C@@H](CO)O[C@@H](OC3[C@@H](CO)O[C@@H](O)[C@H](N)[C@H]3O)[C@H](N)[C@H]2O)[C@H](N)[C@@H](O)[C@@H]1O. The average Bonchev–Trinajstić information content (AvgIpc) is 3.00. The van der Waals surface area contributed by atoms with E-state index in [1.165, 1.54) is 18.3 Å². The molecule has 4 rings (SSSR count). The molecule has 0 spiro atoms. The number of primary amides is 1. The first-order valence-electron chi connectivity index (χ1n) is 13.4. The van der Waals surface area contributed by atoms with E-state index in [0.717, 1.165) is 0 Å². The van der Waals surface area contributed by atoms with Gasteiger partial charge in [0.1, 0.15) is 48.8 Å². The highest BCUT2D eigenvalue weighted by Gasteiger charge is 2.58. The molecule has 15 atom stereocenters. The van der Waals surface area contributed by atoms with Crippen LogP contribution in [0.1, 0.15) is 16.1 Å². The molecule has 43 heavy (non-hydrogen) atoms. The number of ether oxygens (including phenoxy) is 5. The van der Waals surface area contributed by atoms with Crippen molar-refractivity contribution in [2.45, 2.75) is 91.4 Å². The molecule has 1 aromatic heterocycles. The standard InChI is InChI=1S/C24H39N5O14/c25-10-13(33)16(8(4-30)39-21(10)38)41-22-11(26)14(34)17(9(5-31)40-22)42-23-12(27)15(35)19(36)24(6-32,43-23)18-7(20(28)37)2-1-3-29-18/h1-3,8-17,19,21-23,30-36,38H,4-6,25-27H2,(H2,28,37)/t8-,9-,10-,11-,12-,13-,14-,15-,16?,17?,19+,21-,22+,23+,24+/m1/s1. The van der Waals surface area contributed by atoms with Crippen LogP contribution in [0.2, 0.25) is 0 Å². The predicted molar refractivity (Wildman–Crippen MR) is 138 cm³/mol. The highest BCUT2D eigenvalue weighted by Crippen LogP contribution is 2.40. The molecule has 3 aliphatic heterocycles. The highest BCUT2D eigenvalue weighted by molar-refractivity contribution is 5.94. The van der Waals surface area contributed by atoms with Gasteiger partial charge in [-0.25, -0.2) is 0 Å². The van der Waals surface area contributed by atoms with Crippen LogP contribution in [0.4, 0.5) is 0 Å². The van der Waals surface area contributed by atoms with Crippen LogP contribution >= 0.6 is 0 Å². The second-order valence-electron chi connectivity index (χ2n) is 10.6. The van der Waals surface area contributed by atoms with Gasteiger partial charge in [0.15, 0.2) is 24.5 Å². The molecule has 0 aliphatic carbocycles. The molecular formula is C24H39N5O14. The van der Waals surface area contributed by atoms with Crippen molar-refractivity contribution in [1.82, 2.24) is 4.98 Å². The van der Waals surface area contributed by atoms with Crippen molar-refractivity contribution < 1.29 is 69.3 Å². The van der Waals surface area contributed by atoms with E-state index in [-0.39, 0.29) is 11.3 Å². The number of hydrogen-bond acceptors (Lipinski definition) is 18. The number of amides is 1. The zero-order valence-electron chi connectivity index (χ0n) is 22.7. The Morgan fingerprint density at radius 2 is 1.42 bits per heavy atom. The second kappa shape index (κ2) is 13.5. The maximum Gasteiger partial charge on any atom is 0.250 e. The number of nitrogens with two attached hydrogens (primary N) is 4. The summed E-state index contributed by atoms with van der Waals surface area (Å²) in [4.78, 5) is 16.1. The van der Waals surface area contributed by atoms with Crippen LogP contribution < -0.4 is 22.9 Å². The molecular weight excluding hydrogens is 582 g/mol. The van der Waals surface area contributed by atoms with Gasteiger partial charge in [0.2, 0.25) is 0 Å². The first kappa shape index (κ1) is 33.9. The van der Waals surface area contributed by atoms with Crippen molar-refractivity contribution >= 4 is 5.91 Å². The van der Waals surface area contributed by atoms with Gasteiger partial charge >= 0.3 is 0 Å². The summed E-state index contributed by atoms with van der Waals surface area (Å²) in [6, 6.07) is -1.65. The van der Waals surface area contributed by atoms with Crippen LogP contribution in [0, 0.1) is 0 Å². The lowest BCUT2D eigenvalue weighted by Crippen LogP contribution is -2.71. The summed E-state index contributed by atoms with van der Waals surface area (Å²) < 4.78 is 28.3. The Balaban J connectivity index is 1.58. The van der Waals surface area contributed by atoms with E-state index in [9.17, 15) is 45.6 Å². The van der Waals surface area contributed by atoms with Crippen LogP contribution in [-0.2, 0) is 29.3 Å². The van der Waals surface area contributed by atoms with Crippen LogP contribution in [0.5, 0.6) is 0 Å². The maximum absolute atomic E-state index is 12.1. The van der Waals surface area contributed by atoms with E-state index < -0.39 is 117 Å². The van der Waals surface area contributed by atoms with Crippen LogP contribution in [0.3, 0.4) is 0 Å². The molecule has 0 bridgehead atoms. The molecule has 1 aromatic rings. The quantitative estimate of drug-likeness (QED) is 0.122. The Labute approximate surface area is 244 Å². The molecule has 19 heteroatoms. The molecule has 0 aromatic carbocycles. The van der Waals surface area contributed by atoms with Crippen molar-refractivity contribution in [3.8, 4) is 0 Å². The Morgan fingerprint density at radius 1 is 0.860 bits per heavy atom. The van der Waals surface area contributed by atoms with E-state index >= 15 is 0 Å². The van der Waals surface area contributed by atoms with E-state index in [1.807, 2.05) is 0 Å². The van der Waals surface area contributed by atoms with E-state index in [2.05, 4.69) is 4.98 Å². The smallest absolute Gasteiger partial charge is 0.250 e. The van der Waals surface area contributed by atoms with Crippen molar-refractivity contribution in [3.05, 3.63) is 29.6 Å². The first-order valence-corrected chi connectivity index (χ1v) is 13.4. The molecule has 0 radical (unpaired) electrons. The lowest BCUT2D eigenvalue weighted by atomic mass is 9.81. The van der Waals surface area contributed by atoms with Crippen LogP contribution in [-0.4, -0.2) is 157 Å².